The van der Waals surface area contributed by atoms with E-state index >= 15 is 0 Å². The molecule has 0 saturated carbocycles. The lowest BCUT2D eigenvalue weighted by atomic mass is 10.2. The van der Waals surface area contributed by atoms with E-state index in [0.29, 0.717) is 24.4 Å². The Hall–Kier alpha value is -1.82. The Morgan fingerprint density at radius 3 is 2.63 bits per heavy atom. The van der Waals surface area contributed by atoms with Gasteiger partial charge in [-0.1, -0.05) is 0 Å². The van der Waals surface area contributed by atoms with E-state index in [2.05, 4.69) is 0 Å². The van der Waals surface area contributed by atoms with Crippen molar-refractivity contribution in [2.45, 2.75) is 26.3 Å². The molecule has 19 heavy (non-hydrogen) atoms. The van der Waals surface area contributed by atoms with E-state index in [1.54, 1.807) is 12.1 Å². The third-order valence-electron chi connectivity index (χ3n) is 2.87. The molecular weight excluding hydrogens is 248 g/mol. The number of aliphatic hydroxyl groups is 1. The van der Waals surface area contributed by atoms with Gasteiger partial charge in [-0.15, -0.1) is 0 Å². The van der Waals surface area contributed by atoms with E-state index < -0.39 is 4.92 Å². The second-order valence-corrected chi connectivity index (χ2v) is 4.48. The highest BCUT2D eigenvalue weighted by molar-refractivity contribution is 5.66. The van der Waals surface area contributed by atoms with Crippen LogP contribution in [0.15, 0.2) is 18.2 Å². The first-order valence-electron chi connectivity index (χ1n) is 6.21. The molecule has 0 spiro atoms. The van der Waals surface area contributed by atoms with Crippen LogP contribution in [0.25, 0.3) is 0 Å². The summed E-state index contributed by atoms with van der Waals surface area (Å²) in [6, 6.07) is 4.78. The first-order chi connectivity index (χ1) is 9.01. The third kappa shape index (κ3) is 3.82. The van der Waals surface area contributed by atoms with E-state index in [-0.39, 0.29) is 18.3 Å². The number of hydrogen-bond acceptors (Lipinski definition) is 5. The highest BCUT2D eigenvalue weighted by Gasteiger charge is 2.22. The van der Waals surface area contributed by atoms with Gasteiger partial charge in [-0.2, -0.15) is 0 Å². The fraction of sp³-hybridized carbons (Fsp3) is 0.538. The highest BCUT2D eigenvalue weighted by Crippen LogP contribution is 2.33. The van der Waals surface area contributed by atoms with Crippen LogP contribution in [0.1, 0.15) is 20.3 Å². The monoisotopic (exact) mass is 268 g/mol. The maximum absolute atomic E-state index is 11.1. The molecule has 0 aromatic heterocycles. The minimum atomic E-state index is -0.400. The SMILES string of the molecule is COc1ccc([N+](=O)[O-])c(N(CCCO)C(C)C)c1. The summed E-state index contributed by atoms with van der Waals surface area (Å²) in [5.41, 5.74) is 0.570. The number of ether oxygens (including phenoxy) is 1. The van der Waals surface area contributed by atoms with Crippen molar-refractivity contribution in [1.82, 2.24) is 0 Å². The van der Waals surface area contributed by atoms with E-state index in [1.807, 2.05) is 18.7 Å². The van der Waals surface area contributed by atoms with Gasteiger partial charge in [0.15, 0.2) is 0 Å². The molecule has 0 bridgehead atoms. The van der Waals surface area contributed by atoms with Gasteiger partial charge in [0.2, 0.25) is 0 Å². The second kappa shape index (κ2) is 6.94. The Morgan fingerprint density at radius 2 is 2.16 bits per heavy atom. The molecule has 0 amide bonds. The molecule has 0 aliphatic rings. The van der Waals surface area contributed by atoms with Crippen molar-refractivity contribution in [3.8, 4) is 5.75 Å². The van der Waals surface area contributed by atoms with Crippen molar-refractivity contribution in [3.63, 3.8) is 0 Å². The van der Waals surface area contributed by atoms with Crippen LogP contribution < -0.4 is 9.64 Å². The average molecular weight is 268 g/mol. The topological polar surface area (TPSA) is 75.8 Å². The van der Waals surface area contributed by atoms with Gasteiger partial charge in [-0.25, -0.2) is 0 Å². The number of rotatable bonds is 7. The number of hydrogen-bond donors (Lipinski definition) is 1. The molecule has 6 heteroatoms. The fourth-order valence-corrected chi connectivity index (χ4v) is 1.91. The Kier molecular flexibility index (Phi) is 5.57. The maximum atomic E-state index is 11.1. The molecule has 1 aromatic rings. The lowest BCUT2D eigenvalue weighted by molar-refractivity contribution is -0.384. The van der Waals surface area contributed by atoms with Gasteiger partial charge in [0.1, 0.15) is 11.4 Å². The number of methoxy groups -OCH3 is 1. The van der Waals surface area contributed by atoms with Crippen molar-refractivity contribution in [2.24, 2.45) is 0 Å². The van der Waals surface area contributed by atoms with Crippen molar-refractivity contribution < 1.29 is 14.8 Å². The maximum Gasteiger partial charge on any atom is 0.292 e. The Bertz CT molecular complexity index is 435. The molecule has 0 radical (unpaired) electrons. The summed E-state index contributed by atoms with van der Waals surface area (Å²) in [6.45, 7) is 4.53. The predicted molar refractivity (Wildman–Crippen MR) is 73.8 cm³/mol. The summed E-state index contributed by atoms with van der Waals surface area (Å²) in [7, 11) is 1.53. The zero-order valence-electron chi connectivity index (χ0n) is 11.5. The molecule has 0 aliphatic heterocycles. The van der Waals surface area contributed by atoms with Gasteiger partial charge in [0.25, 0.3) is 5.69 Å². The van der Waals surface area contributed by atoms with Gasteiger partial charge in [-0.05, 0) is 26.3 Å². The normalized spacial score (nSPS) is 10.6. The molecular formula is C13H20N2O4. The number of nitro groups is 1. The van der Waals surface area contributed by atoms with Crippen molar-refractivity contribution in [1.29, 1.82) is 0 Å². The third-order valence-corrected chi connectivity index (χ3v) is 2.87. The van der Waals surface area contributed by atoms with Crippen LogP contribution in [0.4, 0.5) is 11.4 Å². The molecule has 1 N–H and O–H groups in total. The number of nitro benzene ring substituents is 1. The Balaban J connectivity index is 3.20. The minimum Gasteiger partial charge on any atom is -0.497 e. The van der Waals surface area contributed by atoms with Crippen LogP contribution >= 0.6 is 0 Å². The molecule has 1 aromatic carbocycles. The smallest absolute Gasteiger partial charge is 0.292 e. The summed E-state index contributed by atoms with van der Waals surface area (Å²) >= 11 is 0. The number of benzene rings is 1. The first kappa shape index (κ1) is 15.2. The van der Waals surface area contributed by atoms with Crippen molar-refractivity contribution in [2.75, 3.05) is 25.2 Å². The molecule has 0 heterocycles. The highest BCUT2D eigenvalue weighted by atomic mass is 16.6. The van der Waals surface area contributed by atoms with Crippen LogP contribution in [0.5, 0.6) is 5.75 Å². The van der Waals surface area contributed by atoms with Crippen LogP contribution in [-0.2, 0) is 0 Å². The van der Waals surface area contributed by atoms with E-state index in [0.717, 1.165) is 0 Å². The zero-order valence-corrected chi connectivity index (χ0v) is 11.5. The van der Waals surface area contributed by atoms with E-state index in [1.165, 1.54) is 13.2 Å². The van der Waals surface area contributed by atoms with Gasteiger partial charge in [0, 0.05) is 31.3 Å². The Labute approximate surface area is 112 Å². The molecule has 0 fully saturated rings. The summed E-state index contributed by atoms with van der Waals surface area (Å²) in [5.74, 6) is 0.579. The quantitative estimate of drug-likeness (QED) is 0.606. The average Bonchev–Trinajstić information content (AvgIpc) is 2.38. The van der Waals surface area contributed by atoms with Gasteiger partial charge < -0.3 is 14.7 Å². The van der Waals surface area contributed by atoms with Crippen LogP contribution in [0, 0.1) is 10.1 Å². The molecule has 0 aliphatic carbocycles. The van der Waals surface area contributed by atoms with Gasteiger partial charge in [0.05, 0.1) is 12.0 Å². The fourth-order valence-electron chi connectivity index (χ4n) is 1.91. The Morgan fingerprint density at radius 1 is 1.47 bits per heavy atom. The summed E-state index contributed by atoms with van der Waals surface area (Å²) in [4.78, 5) is 12.6. The zero-order chi connectivity index (χ0) is 14.4. The number of anilines is 1. The van der Waals surface area contributed by atoms with Crippen LogP contribution in [-0.4, -0.2) is 36.3 Å². The molecule has 0 atom stereocenters. The molecule has 106 valence electrons. The largest absolute Gasteiger partial charge is 0.497 e. The summed E-state index contributed by atoms with van der Waals surface area (Å²) in [6.07, 6.45) is 0.562. The molecule has 6 nitrogen and oxygen atoms in total. The second-order valence-electron chi connectivity index (χ2n) is 4.48. The lowest BCUT2D eigenvalue weighted by Gasteiger charge is -2.28. The predicted octanol–water partition coefficient (Wildman–Crippen LogP) is 2.20. The van der Waals surface area contributed by atoms with Gasteiger partial charge >= 0.3 is 0 Å². The number of nitrogens with zero attached hydrogens (tertiary/aromatic N) is 2. The standard InChI is InChI=1S/C13H20N2O4/c1-10(2)14(7-4-8-16)13-9-11(19-3)5-6-12(13)15(17)18/h5-6,9-10,16H,4,7-8H2,1-3H3. The van der Waals surface area contributed by atoms with E-state index in [4.69, 9.17) is 9.84 Å². The van der Waals surface area contributed by atoms with Crippen LogP contribution in [0.3, 0.4) is 0 Å². The molecule has 1 rings (SSSR count). The summed E-state index contributed by atoms with van der Waals surface area (Å²) in [5, 5.41) is 20.0. The summed E-state index contributed by atoms with van der Waals surface area (Å²) < 4.78 is 5.13. The van der Waals surface area contributed by atoms with Crippen molar-refractivity contribution >= 4 is 11.4 Å². The first-order valence-corrected chi connectivity index (χ1v) is 6.21. The molecule has 0 unspecified atom stereocenters. The van der Waals surface area contributed by atoms with Gasteiger partial charge in [-0.3, -0.25) is 10.1 Å². The van der Waals surface area contributed by atoms with Crippen LogP contribution in [0.2, 0.25) is 0 Å². The van der Waals surface area contributed by atoms with Crippen molar-refractivity contribution in [3.05, 3.63) is 28.3 Å². The number of aliphatic hydroxyl groups excluding tert-OH is 1. The lowest BCUT2D eigenvalue weighted by Crippen LogP contribution is -2.32. The van der Waals surface area contributed by atoms with E-state index in [9.17, 15) is 10.1 Å². The molecule has 0 saturated heterocycles. The minimum absolute atomic E-state index is 0.0486.